The average Bonchev–Trinajstić information content (AvgIpc) is 2.69. The molecule has 1 N–H and O–H groups in total. The highest BCUT2D eigenvalue weighted by Gasteiger charge is 2.11. The summed E-state index contributed by atoms with van der Waals surface area (Å²) >= 11 is 0. The third-order valence-electron chi connectivity index (χ3n) is 2.93. The van der Waals surface area contributed by atoms with Crippen LogP contribution in [0.15, 0.2) is 22.7 Å². The summed E-state index contributed by atoms with van der Waals surface area (Å²) in [6.07, 6.45) is 0. The number of hydrogen-bond acceptors (Lipinski definition) is 4. The summed E-state index contributed by atoms with van der Waals surface area (Å²) in [4.78, 5) is 0. The molecule has 1 heterocycles. The molecule has 1 aromatic carbocycles. The Hall–Kier alpha value is -1.88. The van der Waals surface area contributed by atoms with Gasteiger partial charge in [-0.3, -0.25) is 0 Å². The molecule has 0 aliphatic rings. The van der Waals surface area contributed by atoms with Crippen molar-refractivity contribution in [3.8, 4) is 5.75 Å². The van der Waals surface area contributed by atoms with Crippen LogP contribution in [0.5, 0.6) is 5.75 Å². The van der Waals surface area contributed by atoms with Gasteiger partial charge in [0.05, 0.1) is 11.3 Å². The zero-order chi connectivity index (χ0) is 13.8. The van der Waals surface area contributed by atoms with Gasteiger partial charge in [0.2, 0.25) is 0 Å². The summed E-state index contributed by atoms with van der Waals surface area (Å²) in [6.45, 7) is 4.52. The van der Waals surface area contributed by atoms with Crippen molar-refractivity contribution in [1.29, 1.82) is 0 Å². The summed E-state index contributed by atoms with van der Waals surface area (Å²) in [5, 5.41) is 6.80. The largest absolute Gasteiger partial charge is 0.486 e. The van der Waals surface area contributed by atoms with Gasteiger partial charge < -0.3 is 14.6 Å². The fraction of sp³-hybridized carbons (Fsp3) is 0.357. The van der Waals surface area contributed by atoms with Crippen molar-refractivity contribution < 1.29 is 13.7 Å². The monoisotopic (exact) mass is 264 g/mol. The maximum absolute atomic E-state index is 13.8. The first-order valence-corrected chi connectivity index (χ1v) is 6.09. The van der Waals surface area contributed by atoms with Crippen LogP contribution in [0, 0.1) is 19.7 Å². The summed E-state index contributed by atoms with van der Waals surface area (Å²) < 4.78 is 24.3. The smallest absolute Gasteiger partial charge is 0.165 e. The quantitative estimate of drug-likeness (QED) is 0.902. The molecule has 102 valence electrons. The van der Waals surface area contributed by atoms with E-state index in [9.17, 15) is 4.39 Å². The van der Waals surface area contributed by atoms with E-state index in [1.54, 1.807) is 6.07 Å². The normalized spacial score (nSPS) is 10.7. The zero-order valence-electron chi connectivity index (χ0n) is 11.3. The zero-order valence-corrected chi connectivity index (χ0v) is 11.3. The van der Waals surface area contributed by atoms with Gasteiger partial charge >= 0.3 is 0 Å². The Morgan fingerprint density at radius 1 is 1.37 bits per heavy atom. The maximum atomic E-state index is 13.8. The number of benzene rings is 1. The second kappa shape index (κ2) is 5.84. The highest BCUT2D eigenvalue weighted by molar-refractivity contribution is 5.30. The summed E-state index contributed by atoms with van der Waals surface area (Å²) in [6, 6.07) is 4.95. The van der Waals surface area contributed by atoms with Gasteiger partial charge in [-0.05, 0) is 38.6 Å². The third-order valence-corrected chi connectivity index (χ3v) is 2.93. The standard InChI is InChI=1S/C14H17FN2O2/c1-9-12(10(2)19-17-9)8-18-14-5-4-11(7-16-3)6-13(14)15/h4-6,16H,7-8H2,1-3H3. The van der Waals surface area contributed by atoms with Crippen LogP contribution in [-0.4, -0.2) is 12.2 Å². The van der Waals surface area contributed by atoms with Gasteiger partial charge in [0.15, 0.2) is 11.6 Å². The molecule has 4 nitrogen and oxygen atoms in total. The Morgan fingerprint density at radius 3 is 2.74 bits per heavy atom. The van der Waals surface area contributed by atoms with E-state index in [0.717, 1.165) is 16.8 Å². The molecular weight excluding hydrogens is 247 g/mol. The van der Waals surface area contributed by atoms with Crippen LogP contribution in [-0.2, 0) is 13.2 Å². The van der Waals surface area contributed by atoms with E-state index < -0.39 is 0 Å². The Morgan fingerprint density at radius 2 is 2.16 bits per heavy atom. The number of hydrogen-bond donors (Lipinski definition) is 1. The molecule has 0 saturated carbocycles. The molecule has 1 aromatic heterocycles. The third kappa shape index (κ3) is 3.12. The first-order valence-electron chi connectivity index (χ1n) is 6.09. The number of nitrogens with zero attached hydrogens (tertiary/aromatic N) is 1. The SMILES string of the molecule is CNCc1ccc(OCc2c(C)noc2C)c(F)c1. The predicted molar refractivity (Wildman–Crippen MR) is 69.5 cm³/mol. The second-order valence-electron chi connectivity index (χ2n) is 4.39. The first-order chi connectivity index (χ1) is 9.11. The fourth-order valence-electron chi connectivity index (χ4n) is 1.83. The Kier molecular flexibility index (Phi) is 4.16. The molecule has 2 rings (SSSR count). The lowest BCUT2D eigenvalue weighted by Crippen LogP contribution is -2.06. The van der Waals surface area contributed by atoms with Gasteiger partial charge in [-0.15, -0.1) is 0 Å². The van der Waals surface area contributed by atoms with Gasteiger partial charge in [0.1, 0.15) is 12.4 Å². The van der Waals surface area contributed by atoms with Crippen LogP contribution in [0.4, 0.5) is 4.39 Å². The van der Waals surface area contributed by atoms with Crippen molar-refractivity contribution in [3.05, 3.63) is 46.6 Å². The molecule has 0 unspecified atom stereocenters. The average molecular weight is 264 g/mol. The lowest BCUT2D eigenvalue weighted by Gasteiger charge is -2.08. The molecule has 0 spiro atoms. The molecule has 0 aliphatic heterocycles. The Balaban J connectivity index is 2.08. The van der Waals surface area contributed by atoms with Crippen molar-refractivity contribution in [2.45, 2.75) is 27.0 Å². The molecule has 0 amide bonds. The fourth-order valence-corrected chi connectivity index (χ4v) is 1.83. The number of ether oxygens (including phenoxy) is 1. The molecule has 0 bridgehead atoms. The van der Waals surface area contributed by atoms with Gasteiger partial charge in [0.25, 0.3) is 0 Å². The number of halogens is 1. The van der Waals surface area contributed by atoms with E-state index in [1.165, 1.54) is 6.07 Å². The van der Waals surface area contributed by atoms with Crippen LogP contribution < -0.4 is 10.1 Å². The van der Waals surface area contributed by atoms with Gasteiger partial charge in [0, 0.05) is 6.54 Å². The van der Waals surface area contributed by atoms with Crippen molar-refractivity contribution in [1.82, 2.24) is 10.5 Å². The Bertz CT molecular complexity index is 547. The summed E-state index contributed by atoms with van der Waals surface area (Å²) in [5.41, 5.74) is 2.51. The Labute approximate surface area is 111 Å². The minimum Gasteiger partial charge on any atom is -0.486 e. The van der Waals surface area contributed by atoms with E-state index in [4.69, 9.17) is 9.26 Å². The van der Waals surface area contributed by atoms with Crippen LogP contribution >= 0.6 is 0 Å². The maximum Gasteiger partial charge on any atom is 0.165 e. The number of rotatable bonds is 5. The number of nitrogens with one attached hydrogen (secondary N) is 1. The molecule has 5 heteroatoms. The van der Waals surface area contributed by atoms with Crippen LogP contribution in [0.1, 0.15) is 22.6 Å². The topological polar surface area (TPSA) is 47.3 Å². The van der Waals surface area contributed by atoms with Crippen molar-refractivity contribution in [2.75, 3.05) is 7.05 Å². The van der Waals surface area contributed by atoms with Gasteiger partial charge in [-0.25, -0.2) is 4.39 Å². The van der Waals surface area contributed by atoms with Crippen molar-refractivity contribution in [2.24, 2.45) is 0 Å². The lowest BCUT2D eigenvalue weighted by molar-refractivity contribution is 0.286. The van der Waals surface area contributed by atoms with Gasteiger partial charge in [-0.1, -0.05) is 11.2 Å². The van der Waals surface area contributed by atoms with Crippen LogP contribution in [0.3, 0.4) is 0 Å². The predicted octanol–water partition coefficient (Wildman–Crippen LogP) is 2.73. The summed E-state index contributed by atoms with van der Waals surface area (Å²) in [7, 11) is 1.82. The van der Waals surface area contributed by atoms with E-state index in [-0.39, 0.29) is 18.2 Å². The van der Waals surface area contributed by atoms with E-state index >= 15 is 0 Å². The van der Waals surface area contributed by atoms with Gasteiger partial charge in [-0.2, -0.15) is 0 Å². The van der Waals surface area contributed by atoms with Crippen molar-refractivity contribution in [3.63, 3.8) is 0 Å². The minimum absolute atomic E-state index is 0.236. The van der Waals surface area contributed by atoms with Crippen molar-refractivity contribution >= 4 is 0 Å². The number of aromatic nitrogens is 1. The second-order valence-corrected chi connectivity index (χ2v) is 4.39. The molecule has 0 radical (unpaired) electrons. The molecular formula is C14H17FN2O2. The molecule has 19 heavy (non-hydrogen) atoms. The van der Waals surface area contributed by atoms with Crippen LogP contribution in [0.25, 0.3) is 0 Å². The highest BCUT2D eigenvalue weighted by atomic mass is 19.1. The van der Waals surface area contributed by atoms with E-state index in [2.05, 4.69) is 10.5 Å². The first kappa shape index (κ1) is 13.5. The molecule has 0 aliphatic carbocycles. The minimum atomic E-state index is -0.362. The lowest BCUT2D eigenvalue weighted by atomic mass is 10.2. The molecule has 2 aromatic rings. The van der Waals surface area contributed by atoms with E-state index in [0.29, 0.717) is 12.3 Å². The summed E-state index contributed by atoms with van der Waals surface area (Å²) in [5.74, 6) is 0.573. The molecule has 0 saturated heterocycles. The van der Waals surface area contributed by atoms with E-state index in [1.807, 2.05) is 27.0 Å². The highest BCUT2D eigenvalue weighted by Crippen LogP contribution is 2.21. The molecule has 0 fully saturated rings. The molecule has 0 atom stereocenters. The number of aryl methyl sites for hydroxylation is 2. The van der Waals surface area contributed by atoms with Crippen LogP contribution in [0.2, 0.25) is 0 Å².